The van der Waals surface area contributed by atoms with E-state index in [0.29, 0.717) is 38.2 Å². The number of H-pyrrole nitrogens is 1. The zero-order valence-electron chi connectivity index (χ0n) is 15.1. The van der Waals surface area contributed by atoms with Crippen molar-refractivity contribution in [1.82, 2.24) is 15.1 Å². The van der Waals surface area contributed by atoms with Crippen LogP contribution in [-0.2, 0) is 4.74 Å². The zero-order chi connectivity index (χ0) is 18.1. The Hall–Kier alpha value is -2.18. The first-order valence-electron chi connectivity index (χ1n) is 9.32. The maximum atomic E-state index is 13.0. The third-order valence-electron chi connectivity index (χ3n) is 5.79. The van der Waals surface area contributed by atoms with Gasteiger partial charge in [-0.25, -0.2) is 0 Å². The summed E-state index contributed by atoms with van der Waals surface area (Å²) in [5, 5.41) is 17.6. The molecule has 1 amide bonds. The number of benzene rings is 1. The van der Waals surface area contributed by atoms with Crippen LogP contribution in [0.3, 0.4) is 0 Å². The molecule has 6 nitrogen and oxygen atoms in total. The van der Waals surface area contributed by atoms with Gasteiger partial charge in [0.05, 0.1) is 17.4 Å². The van der Waals surface area contributed by atoms with E-state index in [4.69, 9.17) is 4.74 Å². The maximum Gasteiger partial charge on any atom is 0.272 e. The molecular formula is C20H25N3O3. The summed E-state index contributed by atoms with van der Waals surface area (Å²) < 4.78 is 5.93. The molecule has 1 spiro atoms. The van der Waals surface area contributed by atoms with Crippen molar-refractivity contribution in [2.75, 3.05) is 19.7 Å². The second-order valence-corrected chi connectivity index (χ2v) is 7.30. The van der Waals surface area contributed by atoms with Gasteiger partial charge in [-0.2, -0.15) is 5.10 Å². The molecule has 0 radical (unpaired) electrons. The van der Waals surface area contributed by atoms with Crippen molar-refractivity contribution in [3.63, 3.8) is 0 Å². The van der Waals surface area contributed by atoms with Crippen LogP contribution in [0.5, 0.6) is 0 Å². The second kappa shape index (κ2) is 6.85. The number of hydrogen-bond donors (Lipinski definition) is 2. The summed E-state index contributed by atoms with van der Waals surface area (Å²) >= 11 is 0. The molecule has 0 aliphatic carbocycles. The maximum absolute atomic E-state index is 13.0. The third-order valence-corrected chi connectivity index (χ3v) is 5.79. The van der Waals surface area contributed by atoms with Crippen molar-refractivity contribution in [3.8, 4) is 11.3 Å². The quantitative estimate of drug-likeness (QED) is 0.868. The Morgan fingerprint density at radius 3 is 2.73 bits per heavy atom. The highest BCUT2D eigenvalue weighted by molar-refractivity contribution is 5.95. The predicted octanol–water partition coefficient (Wildman–Crippen LogP) is 2.53. The molecule has 2 N–H and O–H groups in total. The number of nitrogens with one attached hydrogen (secondary N) is 1. The number of aromatic nitrogens is 2. The van der Waals surface area contributed by atoms with E-state index in [2.05, 4.69) is 10.2 Å². The fourth-order valence-electron chi connectivity index (χ4n) is 4.12. The Morgan fingerprint density at radius 2 is 2.04 bits per heavy atom. The van der Waals surface area contributed by atoms with Crippen molar-refractivity contribution in [2.45, 2.75) is 44.3 Å². The van der Waals surface area contributed by atoms with E-state index >= 15 is 0 Å². The monoisotopic (exact) mass is 355 g/mol. The highest BCUT2D eigenvalue weighted by Gasteiger charge is 2.44. The first kappa shape index (κ1) is 17.2. The Morgan fingerprint density at radius 1 is 1.31 bits per heavy atom. The molecule has 2 aromatic rings. The van der Waals surface area contributed by atoms with Gasteiger partial charge >= 0.3 is 0 Å². The number of aromatic amines is 1. The fraction of sp³-hybridized carbons (Fsp3) is 0.500. The molecule has 2 aliphatic rings. The summed E-state index contributed by atoms with van der Waals surface area (Å²) in [7, 11) is 0. The lowest BCUT2D eigenvalue weighted by Gasteiger charge is -2.46. The number of nitrogens with zero attached hydrogens (tertiary/aromatic N) is 2. The molecule has 4 rings (SSSR count). The predicted molar refractivity (Wildman–Crippen MR) is 97.8 cm³/mol. The van der Waals surface area contributed by atoms with Crippen LogP contribution in [0.4, 0.5) is 0 Å². The Bertz CT molecular complexity index is 779. The summed E-state index contributed by atoms with van der Waals surface area (Å²) in [4.78, 5) is 14.8. The molecule has 6 heteroatoms. The molecule has 1 aromatic carbocycles. The lowest BCUT2D eigenvalue weighted by Crippen LogP contribution is -2.56. The Labute approximate surface area is 153 Å². The van der Waals surface area contributed by atoms with E-state index in [1.807, 2.05) is 42.2 Å². The highest BCUT2D eigenvalue weighted by Crippen LogP contribution is 2.35. The van der Waals surface area contributed by atoms with Gasteiger partial charge < -0.3 is 14.7 Å². The number of likely N-dealkylation sites (tertiary alicyclic amines) is 1. The summed E-state index contributed by atoms with van der Waals surface area (Å²) in [5.41, 5.74) is 2.76. The van der Waals surface area contributed by atoms with Gasteiger partial charge in [-0.05, 0) is 32.6 Å². The first-order chi connectivity index (χ1) is 12.6. The standard InChI is InChI=1S/C20H25N3O3/c1-14-17(15-6-3-2-4-7-15)21-22-18(14)19(25)23-11-9-20(10-12-23)16(24)8-5-13-26-20/h2-4,6-7,16,24H,5,8-13H2,1H3,(H,21,22)/t16-/m0/s1. The number of hydrogen-bond acceptors (Lipinski definition) is 4. The number of amides is 1. The van der Waals surface area contributed by atoms with Crippen molar-refractivity contribution in [3.05, 3.63) is 41.6 Å². The molecule has 1 atom stereocenters. The van der Waals surface area contributed by atoms with Crippen LogP contribution in [0.2, 0.25) is 0 Å². The Kier molecular flexibility index (Phi) is 4.54. The van der Waals surface area contributed by atoms with Crippen molar-refractivity contribution < 1.29 is 14.6 Å². The number of aliphatic hydroxyl groups is 1. The summed E-state index contributed by atoms with van der Waals surface area (Å²) in [5.74, 6) is -0.0302. The average molecular weight is 355 g/mol. The Balaban J connectivity index is 1.49. The van der Waals surface area contributed by atoms with Gasteiger partial charge in [-0.15, -0.1) is 0 Å². The van der Waals surface area contributed by atoms with Gasteiger partial charge in [0, 0.05) is 30.8 Å². The van der Waals surface area contributed by atoms with Gasteiger partial charge in [-0.1, -0.05) is 30.3 Å². The minimum Gasteiger partial charge on any atom is -0.390 e. The van der Waals surface area contributed by atoms with Gasteiger partial charge in [-0.3, -0.25) is 9.89 Å². The summed E-state index contributed by atoms with van der Waals surface area (Å²) in [6.45, 7) is 3.81. The summed E-state index contributed by atoms with van der Waals surface area (Å²) in [6.07, 6.45) is 2.62. The van der Waals surface area contributed by atoms with Crippen molar-refractivity contribution >= 4 is 5.91 Å². The number of rotatable bonds is 2. The van der Waals surface area contributed by atoms with Crippen LogP contribution < -0.4 is 0 Å². The number of carbonyl (C=O) groups excluding carboxylic acids is 1. The first-order valence-corrected chi connectivity index (χ1v) is 9.32. The van der Waals surface area contributed by atoms with Crippen LogP contribution in [0, 0.1) is 6.92 Å². The van der Waals surface area contributed by atoms with Crippen LogP contribution in [-0.4, -0.2) is 57.5 Å². The summed E-state index contributed by atoms with van der Waals surface area (Å²) in [6, 6.07) is 9.87. The molecule has 0 bridgehead atoms. The highest BCUT2D eigenvalue weighted by atomic mass is 16.5. The van der Waals surface area contributed by atoms with Gasteiger partial charge in [0.2, 0.25) is 0 Å². The number of carbonyl (C=O) groups is 1. The van der Waals surface area contributed by atoms with Crippen LogP contribution in [0.25, 0.3) is 11.3 Å². The van der Waals surface area contributed by atoms with Gasteiger partial charge in [0.25, 0.3) is 5.91 Å². The number of ether oxygens (including phenoxy) is 1. The molecule has 0 saturated carbocycles. The van der Waals surface area contributed by atoms with E-state index in [1.54, 1.807) is 0 Å². The van der Waals surface area contributed by atoms with E-state index in [9.17, 15) is 9.90 Å². The average Bonchev–Trinajstić information content (AvgIpc) is 3.06. The molecule has 3 heterocycles. The second-order valence-electron chi connectivity index (χ2n) is 7.30. The molecule has 138 valence electrons. The fourth-order valence-corrected chi connectivity index (χ4v) is 4.12. The van der Waals surface area contributed by atoms with Crippen molar-refractivity contribution in [2.24, 2.45) is 0 Å². The van der Waals surface area contributed by atoms with E-state index in [0.717, 1.165) is 29.7 Å². The molecule has 2 fully saturated rings. The van der Waals surface area contributed by atoms with Crippen LogP contribution >= 0.6 is 0 Å². The van der Waals surface area contributed by atoms with Gasteiger partial charge in [0.15, 0.2) is 0 Å². The molecular weight excluding hydrogens is 330 g/mol. The molecule has 1 aromatic heterocycles. The van der Waals surface area contributed by atoms with Crippen molar-refractivity contribution in [1.29, 1.82) is 0 Å². The van der Waals surface area contributed by atoms with Crippen LogP contribution in [0.15, 0.2) is 30.3 Å². The van der Waals surface area contributed by atoms with Crippen LogP contribution in [0.1, 0.15) is 41.7 Å². The molecule has 26 heavy (non-hydrogen) atoms. The largest absolute Gasteiger partial charge is 0.390 e. The molecule has 2 aliphatic heterocycles. The van der Waals surface area contributed by atoms with E-state index in [1.165, 1.54) is 0 Å². The SMILES string of the molecule is Cc1c(-c2ccccc2)n[nH]c1C(=O)N1CCC2(CC1)OCCC[C@@H]2O. The zero-order valence-corrected chi connectivity index (χ0v) is 15.1. The lowest BCUT2D eigenvalue weighted by atomic mass is 9.82. The van der Waals surface area contributed by atoms with E-state index < -0.39 is 11.7 Å². The van der Waals surface area contributed by atoms with E-state index in [-0.39, 0.29) is 5.91 Å². The number of aliphatic hydroxyl groups excluding tert-OH is 1. The number of piperidine rings is 1. The third kappa shape index (κ3) is 2.93. The topological polar surface area (TPSA) is 78.5 Å². The lowest BCUT2D eigenvalue weighted by molar-refractivity contribution is -0.174. The molecule has 0 unspecified atom stereocenters. The minimum absolute atomic E-state index is 0.0302. The normalized spacial score (nSPS) is 22.5. The minimum atomic E-state index is -0.465. The molecule has 2 saturated heterocycles. The van der Waals surface area contributed by atoms with Gasteiger partial charge in [0.1, 0.15) is 5.69 Å². The smallest absolute Gasteiger partial charge is 0.272 e.